The molecule has 1 aromatic carbocycles. The third kappa shape index (κ3) is 3.87. The molecule has 2 N–H and O–H groups in total. The smallest absolute Gasteiger partial charge is 0.257 e. The maximum Gasteiger partial charge on any atom is 0.257 e. The van der Waals surface area contributed by atoms with Gasteiger partial charge in [-0.05, 0) is 49.7 Å². The predicted molar refractivity (Wildman–Crippen MR) is 105 cm³/mol. The molecular weight excluding hydrogens is 414 g/mol. The lowest BCUT2D eigenvalue weighted by Crippen LogP contribution is -2.23. The molecule has 3 aromatic rings. The van der Waals surface area contributed by atoms with Crippen molar-refractivity contribution in [1.82, 2.24) is 20.1 Å². The molecule has 0 saturated carbocycles. The largest absolute Gasteiger partial charge is 0.298 e. The van der Waals surface area contributed by atoms with E-state index in [0.29, 0.717) is 10.7 Å². The molecule has 6 nitrogen and oxygen atoms in total. The average Bonchev–Trinajstić information content (AvgIpc) is 3.38. The number of thiazole rings is 1. The van der Waals surface area contributed by atoms with Crippen LogP contribution in [0, 0.1) is 0 Å². The van der Waals surface area contributed by atoms with E-state index in [1.165, 1.54) is 11.3 Å². The fraction of sp³-hybridized carbons (Fsp3) is 0.278. The minimum absolute atomic E-state index is 0.140. The number of amides is 1. The second-order valence-corrected chi connectivity index (χ2v) is 8.02. The molecule has 1 amide bonds. The molecule has 1 unspecified atom stereocenters. The maximum absolute atomic E-state index is 12.4. The van der Waals surface area contributed by atoms with E-state index in [1.807, 2.05) is 23.6 Å². The van der Waals surface area contributed by atoms with E-state index in [1.54, 1.807) is 18.3 Å². The van der Waals surface area contributed by atoms with Gasteiger partial charge in [0, 0.05) is 33.9 Å². The minimum atomic E-state index is -0.140. The van der Waals surface area contributed by atoms with Crippen molar-refractivity contribution in [1.29, 1.82) is 0 Å². The lowest BCUT2D eigenvalue weighted by Gasteiger charge is -2.22. The van der Waals surface area contributed by atoms with Crippen LogP contribution in [0.4, 0.5) is 5.13 Å². The van der Waals surface area contributed by atoms with Gasteiger partial charge in [0.1, 0.15) is 0 Å². The fourth-order valence-corrected chi connectivity index (χ4v) is 4.23. The summed E-state index contributed by atoms with van der Waals surface area (Å²) in [5, 5.41) is 12.6. The molecule has 1 fully saturated rings. The predicted octanol–water partition coefficient (Wildman–Crippen LogP) is 4.22. The zero-order valence-corrected chi connectivity index (χ0v) is 16.4. The van der Waals surface area contributed by atoms with Crippen LogP contribution in [0.3, 0.4) is 0 Å². The number of carbonyl (C=O) groups excluding carboxylic acids is 1. The van der Waals surface area contributed by atoms with Gasteiger partial charge in [0.25, 0.3) is 5.91 Å². The quantitative estimate of drug-likeness (QED) is 0.633. The standard InChI is InChI=1S/C18H18BrN5OS/c19-13-5-3-12(4-6-13)17(25)22-18-21-15(11-26-18)16-2-1-9-24(16)10-14-7-8-20-23-14/h3-8,11,16H,1-2,9-10H2,(H,20,23)(H,21,22,25). The zero-order chi connectivity index (χ0) is 17.9. The Morgan fingerprint density at radius 3 is 2.96 bits per heavy atom. The lowest BCUT2D eigenvalue weighted by atomic mass is 10.1. The Balaban J connectivity index is 1.43. The SMILES string of the molecule is O=C(Nc1nc(C2CCCN2Cc2ccn[nH]2)cs1)c1ccc(Br)cc1. The van der Waals surface area contributed by atoms with Crippen molar-refractivity contribution in [3.8, 4) is 0 Å². The Morgan fingerprint density at radius 1 is 1.35 bits per heavy atom. The molecule has 2 aromatic heterocycles. The van der Waals surface area contributed by atoms with Crippen molar-refractivity contribution in [3.05, 3.63) is 63.3 Å². The second-order valence-electron chi connectivity index (χ2n) is 6.25. The van der Waals surface area contributed by atoms with Crippen molar-refractivity contribution < 1.29 is 4.79 Å². The van der Waals surface area contributed by atoms with Crippen LogP contribution in [0.2, 0.25) is 0 Å². The van der Waals surface area contributed by atoms with Crippen LogP contribution in [0.15, 0.2) is 46.4 Å². The number of aromatic amines is 1. The fourth-order valence-electron chi connectivity index (χ4n) is 3.21. The third-order valence-corrected chi connectivity index (χ3v) is 5.79. The van der Waals surface area contributed by atoms with Crippen molar-refractivity contribution >= 4 is 38.3 Å². The summed E-state index contributed by atoms with van der Waals surface area (Å²) in [6.07, 6.45) is 4.01. The molecule has 4 rings (SSSR count). The molecule has 1 aliphatic heterocycles. The Labute approximate surface area is 163 Å². The van der Waals surface area contributed by atoms with Gasteiger partial charge in [-0.2, -0.15) is 5.10 Å². The van der Waals surface area contributed by atoms with Crippen molar-refractivity contribution in [2.24, 2.45) is 0 Å². The van der Waals surface area contributed by atoms with Gasteiger partial charge in [0.2, 0.25) is 0 Å². The summed E-state index contributed by atoms with van der Waals surface area (Å²) in [5.41, 5.74) is 2.75. The lowest BCUT2D eigenvalue weighted by molar-refractivity contribution is 0.102. The number of H-pyrrole nitrogens is 1. The zero-order valence-electron chi connectivity index (χ0n) is 14.0. The third-order valence-electron chi connectivity index (χ3n) is 4.49. The molecule has 3 heterocycles. The Kier molecular flexibility index (Phi) is 5.14. The number of rotatable bonds is 5. The van der Waals surface area contributed by atoms with Crippen LogP contribution in [0.5, 0.6) is 0 Å². The van der Waals surface area contributed by atoms with E-state index in [9.17, 15) is 4.79 Å². The van der Waals surface area contributed by atoms with Gasteiger partial charge in [0.15, 0.2) is 5.13 Å². The highest BCUT2D eigenvalue weighted by Crippen LogP contribution is 2.34. The van der Waals surface area contributed by atoms with Crippen LogP contribution in [0.1, 0.15) is 40.6 Å². The van der Waals surface area contributed by atoms with Crippen molar-refractivity contribution in [3.63, 3.8) is 0 Å². The van der Waals surface area contributed by atoms with Gasteiger partial charge in [-0.1, -0.05) is 15.9 Å². The number of nitrogens with one attached hydrogen (secondary N) is 2. The van der Waals surface area contributed by atoms with Crippen molar-refractivity contribution in [2.75, 3.05) is 11.9 Å². The first-order valence-corrected chi connectivity index (χ1v) is 10.1. The molecule has 26 heavy (non-hydrogen) atoms. The number of hydrogen-bond donors (Lipinski definition) is 2. The highest BCUT2D eigenvalue weighted by molar-refractivity contribution is 9.10. The van der Waals surface area contributed by atoms with Gasteiger partial charge < -0.3 is 0 Å². The summed E-state index contributed by atoms with van der Waals surface area (Å²) in [7, 11) is 0. The van der Waals surface area contributed by atoms with Gasteiger partial charge in [-0.25, -0.2) is 4.98 Å². The van der Waals surface area contributed by atoms with Gasteiger partial charge in [-0.15, -0.1) is 11.3 Å². The topological polar surface area (TPSA) is 73.9 Å². The number of anilines is 1. The highest BCUT2D eigenvalue weighted by atomic mass is 79.9. The van der Waals surface area contributed by atoms with Gasteiger partial charge >= 0.3 is 0 Å². The monoisotopic (exact) mass is 431 g/mol. The van der Waals surface area contributed by atoms with Crippen LogP contribution in [0.25, 0.3) is 0 Å². The maximum atomic E-state index is 12.4. The second kappa shape index (κ2) is 7.69. The van der Waals surface area contributed by atoms with E-state index < -0.39 is 0 Å². The van der Waals surface area contributed by atoms with Crippen LogP contribution >= 0.6 is 27.3 Å². The summed E-state index contributed by atoms with van der Waals surface area (Å²) < 4.78 is 0.948. The van der Waals surface area contributed by atoms with E-state index >= 15 is 0 Å². The summed E-state index contributed by atoms with van der Waals surface area (Å²) in [4.78, 5) is 19.4. The number of halogens is 1. The van der Waals surface area contributed by atoms with E-state index in [4.69, 9.17) is 0 Å². The average molecular weight is 432 g/mol. The summed E-state index contributed by atoms with van der Waals surface area (Å²) >= 11 is 4.85. The molecule has 0 radical (unpaired) electrons. The normalized spacial score (nSPS) is 17.5. The summed E-state index contributed by atoms with van der Waals surface area (Å²) in [6, 6.07) is 9.57. The number of aromatic nitrogens is 3. The van der Waals surface area contributed by atoms with E-state index in [0.717, 1.165) is 41.8 Å². The van der Waals surface area contributed by atoms with E-state index in [2.05, 4.69) is 41.3 Å². The minimum Gasteiger partial charge on any atom is -0.298 e. The van der Waals surface area contributed by atoms with E-state index in [-0.39, 0.29) is 11.9 Å². The number of nitrogens with zero attached hydrogens (tertiary/aromatic N) is 3. The molecule has 0 bridgehead atoms. The first-order valence-electron chi connectivity index (χ1n) is 8.44. The molecular formula is C18H18BrN5OS. The van der Waals surface area contributed by atoms with Crippen LogP contribution in [-0.4, -0.2) is 32.5 Å². The number of benzene rings is 1. The summed E-state index contributed by atoms with van der Waals surface area (Å²) in [5.74, 6) is -0.140. The molecule has 1 saturated heterocycles. The number of carbonyl (C=O) groups is 1. The molecule has 1 atom stereocenters. The Hall–Kier alpha value is -2.03. The highest BCUT2D eigenvalue weighted by Gasteiger charge is 2.28. The molecule has 0 aliphatic carbocycles. The van der Waals surface area contributed by atoms with Crippen LogP contribution in [-0.2, 0) is 6.54 Å². The molecule has 1 aliphatic rings. The van der Waals surface area contributed by atoms with Gasteiger partial charge in [0.05, 0.1) is 11.7 Å². The first-order chi connectivity index (χ1) is 12.7. The first kappa shape index (κ1) is 17.4. The number of likely N-dealkylation sites (tertiary alicyclic amines) is 1. The molecule has 0 spiro atoms. The molecule has 134 valence electrons. The van der Waals surface area contributed by atoms with Crippen LogP contribution < -0.4 is 5.32 Å². The summed E-state index contributed by atoms with van der Waals surface area (Å²) in [6.45, 7) is 1.88. The molecule has 8 heteroatoms. The van der Waals surface area contributed by atoms with Crippen molar-refractivity contribution in [2.45, 2.75) is 25.4 Å². The Morgan fingerprint density at radius 2 is 2.19 bits per heavy atom. The number of hydrogen-bond acceptors (Lipinski definition) is 5. The Bertz CT molecular complexity index is 877. The van der Waals surface area contributed by atoms with Gasteiger partial charge in [-0.3, -0.25) is 20.1 Å².